The molecule has 0 aromatic heterocycles. The molecule has 4 rings (SSSR count). The van der Waals surface area contributed by atoms with Gasteiger partial charge in [-0.25, -0.2) is 0 Å². The maximum atomic E-state index is 13.1. The van der Waals surface area contributed by atoms with Crippen LogP contribution in [0.25, 0.3) is 0 Å². The van der Waals surface area contributed by atoms with Crippen LogP contribution < -0.4 is 0 Å². The number of aromatic hydroxyl groups is 1. The highest BCUT2D eigenvalue weighted by Crippen LogP contribution is 2.43. The lowest BCUT2D eigenvalue weighted by molar-refractivity contribution is -0.147. The first-order valence-electron chi connectivity index (χ1n) is 10.4. The van der Waals surface area contributed by atoms with Gasteiger partial charge in [0.1, 0.15) is 5.75 Å². The van der Waals surface area contributed by atoms with E-state index in [1.165, 1.54) is 7.11 Å². The Labute approximate surface area is 187 Å². The van der Waals surface area contributed by atoms with Crippen molar-refractivity contribution in [2.75, 3.05) is 20.2 Å². The third kappa shape index (κ3) is 5.45. The molecule has 2 aromatic rings. The van der Waals surface area contributed by atoms with Crippen LogP contribution in [0, 0.1) is 5.92 Å². The van der Waals surface area contributed by atoms with Gasteiger partial charge in [0.25, 0.3) is 5.97 Å². The minimum Gasteiger partial charge on any atom is -0.508 e. The van der Waals surface area contributed by atoms with Gasteiger partial charge in [0.15, 0.2) is 0 Å². The van der Waals surface area contributed by atoms with Crippen molar-refractivity contribution in [1.29, 1.82) is 0 Å². The number of ether oxygens (including phenoxy) is 1. The number of nitrogens with zero attached hydrogens (tertiary/aromatic N) is 2. The Morgan fingerprint density at radius 1 is 1.12 bits per heavy atom. The first kappa shape index (κ1) is 23.3. The summed E-state index contributed by atoms with van der Waals surface area (Å²) in [5.41, 5.74) is 1.93. The Morgan fingerprint density at radius 3 is 2.44 bits per heavy atom. The van der Waals surface area contributed by atoms with Crippen molar-refractivity contribution < 1.29 is 29.3 Å². The van der Waals surface area contributed by atoms with Crippen LogP contribution in [0.1, 0.15) is 30.5 Å². The van der Waals surface area contributed by atoms with Crippen molar-refractivity contribution in [3.63, 3.8) is 0 Å². The first-order valence-corrected chi connectivity index (χ1v) is 10.4. The van der Waals surface area contributed by atoms with E-state index in [-0.39, 0.29) is 35.6 Å². The minimum absolute atomic E-state index is 0.0247. The molecular formula is C24H28N2O6. The Hall–Kier alpha value is -3.39. The van der Waals surface area contributed by atoms with E-state index in [4.69, 9.17) is 14.6 Å². The Bertz CT molecular complexity index is 960. The summed E-state index contributed by atoms with van der Waals surface area (Å²) in [5.74, 6) is -1.22. The van der Waals surface area contributed by atoms with E-state index in [2.05, 4.69) is 4.90 Å². The van der Waals surface area contributed by atoms with E-state index in [0.717, 1.165) is 18.1 Å². The second kappa shape index (κ2) is 10.3. The van der Waals surface area contributed by atoms with Gasteiger partial charge in [-0.3, -0.25) is 19.3 Å². The van der Waals surface area contributed by atoms with Crippen molar-refractivity contribution in [2.24, 2.45) is 5.92 Å². The van der Waals surface area contributed by atoms with Gasteiger partial charge in [-0.15, -0.1) is 0 Å². The molecule has 0 spiro atoms. The average molecular weight is 440 g/mol. The van der Waals surface area contributed by atoms with Crippen LogP contribution in [-0.2, 0) is 25.7 Å². The Morgan fingerprint density at radius 2 is 1.81 bits per heavy atom. The number of piperazine rings is 1. The Balaban J connectivity index is 0.000000668. The number of benzene rings is 2. The molecule has 2 N–H and O–H groups in total. The summed E-state index contributed by atoms with van der Waals surface area (Å²) < 4.78 is 5.04. The van der Waals surface area contributed by atoms with Crippen molar-refractivity contribution in [3.8, 4) is 5.75 Å². The monoisotopic (exact) mass is 440 g/mol. The SMILES string of the molecule is CC(=O)O.COC(=O)[C@H]1C[C@H]2CN(Cc3cccc(O)c3)CC(=O)N2[C@H]1c1ccccc1. The first-order chi connectivity index (χ1) is 15.3. The lowest BCUT2D eigenvalue weighted by Gasteiger charge is -2.40. The molecule has 3 atom stereocenters. The number of fused-ring (bicyclic) bond motifs is 1. The summed E-state index contributed by atoms with van der Waals surface area (Å²) >= 11 is 0. The number of phenols is 1. The molecule has 1 amide bonds. The molecule has 2 aromatic carbocycles. The predicted octanol–water partition coefficient (Wildman–Crippen LogP) is 2.43. The molecule has 8 heteroatoms. The van der Waals surface area contributed by atoms with Crippen LogP contribution in [0.4, 0.5) is 0 Å². The molecule has 0 saturated carbocycles. The van der Waals surface area contributed by atoms with Gasteiger partial charge in [0.2, 0.25) is 5.91 Å². The molecule has 0 aliphatic carbocycles. The van der Waals surface area contributed by atoms with Crippen molar-refractivity contribution in [2.45, 2.75) is 32.0 Å². The number of aliphatic carboxylic acids is 1. The molecule has 32 heavy (non-hydrogen) atoms. The fourth-order valence-corrected chi connectivity index (χ4v) is 4.57. The smallest absolute Gasteiger partial charge is 0.311 e. The number of carbonyl (C=O) groups excluding carboxylic acids is 2. The van der Waals surface area contributed by atoms with Gasteiger partial charge >= 0.3 is 5.97 Å². The second-order valence-corrected chi connectivity index (χ2v) is 8.03. The molecule has 0 radical (unpaired) electrons. The van der Waals surface area contributed by atoms with Gasteiger partial charge < -0.3 is 19.8 Å². The van der Waals surface area contributed by atoms with Crippen LogP contribution in [0.2, 0.25) is 0 Å². The quantitative estimate of drug-likeness (QED) is 0.703. The number of methoxy groups -OCH3 is 1. The normalized spacial score (nSPS) is 22.5. The van der Waals surface area contributed by atoms with Crippen LogP contribution >= 0.6 is 0 Å². The summed E-state index contributed by atoms with van der Waals surface area (Å²) in [4.78, 5) is 38.5. The van der Waals surface area contributed by atoms with E-state index < -0.39 is 5.97 Å². The summed E-state index contributed by atoms with van der Waals surface area (Å²) in [6, 6.07) is 16.5. The number of carboxylic acids is 1. The summed E-state index contributed by atoms with van der Waals surface area (Å²) in [6.07, 6.45) is 0.592. The van der Waals surface area contributed by atoms with E-state index in [1.54, 1.807) is 18.2 Å². The number of amides is 1. The van der Waals surface area contributed by atoms with Gasteiger partial charge in [0, 0.05) is 26.1 Å². The van der Waals surface area contributed by atoms with Crippen molar-refractivity contribution >= 4 is 17.8 Å². The van der Waals surface area contributed by atoms with Gasteiger partial charge in [-0.2, -0.15) is 0 Å². The van der Waals surface area contributed by atoms with Crippen LogP contribution in [0.15, 0.2) is 54.6 Å². The molecule has 2 aliphatic heterocycles. The summed E-state index contributed by atoms with van der Waals surface area (Å²) in [6.45, 7) is 2.66. The average Bonchev–Trinajstić information content (AvgIpc) is 3.13. The number of phenolic OH excluding ortho intramolecular Hbond substituents is 1. The standard InChI is InChI=1S/C22H24N2O4.C2H4O2/c1-28-22(27)19-11-17-13-23(12-15-6-5-9-18(25)10-15)14-20(26)24(17)21(19)16-7-3-2-4-8-16;1-2(3)4/h2-10,17,19,21,25H,11-14H2,1H3;1H3,(H,3,4)/t17-,19-,21-;/m0./s1. The highest BCUT2D eigenvalue weighted by molar-refractivity contribution is 5.83. The number of hydrogen-bond donors (Lipinski definition) is 2. The number of rotatable bonds is 4. The van der Waals surface area contributed by atoms with Crippen molar-refractivity contribution in [1.82, 2.24) is 9.80 Å². The van der Waals surface area contributed by atoms with E-state index in [1.807, 2.05) is 41.3 Å². The van der Waals surface area contributed by atoms with E-state index in [9.17, 15) is 14.7 Å². The molecule has 2 fully saturated rings. The topological polar surface area (TPSA) is 107 Å². The van der Waals surface area contributed by atoms with Gasteiger partial charge in [0.05, 0.1) is 25.6 Å². The molecule has 0 bridgehead atoms. The number of carboxylic acid groups (broad SMARTS) is 1. The number of esters is 1. The maximum Gasteiger partial charge on any atom is 0.311 e. The second-order valence-electron chi connectivity index (χ2n) is 8.03. The Kier molecular flexibility index (Phi) is 7.48. The van der Waals surface area contributed by atoms with Gasteiger partial charge in [-0.05, 0) is 29.7 Å². The fourth-order valence-electron chi connectivity index (χ4n) is 4.57. The third-order valence-electron chi connectivity index (χ3n) is 5.68. The molecule has 2 heterocycles. The largest absolute Gasteiger partial charge is 0.508 e. The van der Waals surface area contributed by atoms with Crippen molar-refractivity contribution in [3.05, 3.63) is 65.7 Å². The zero-order valence-corrected chi connectivity index (χ0v) is 18.2. The maximum absolute atomic E-state index is 13.1. The van der Waals surface area contributed by atoms with E-state index in [0.29, 0.717) is 26.1 Å². The molecule has 0 unspecified atom stereocenters. The van der Waals surface area contributed by atoms with Crippen LogP contribution in [0.5, 0.6) is 5.75 Å². The van der Waals surface area contributed by atoms with E-state index >= 15 is 0 Å². The summed E-state index contributed by atoms with van der Waals surface area (Å²) in [5, 5.41) is 17.1. The summed E-state index contributed by atoms with van der Waals surface area (Å²) in [7, 11) is 1.40. The highest BCUT2D eigenvalue weighted by Gasteiger charge is 2.50. The van der Waals surface area contributed by atoms with Crippen LogP contribution in [0.3, 0.4) is 0 Å². The molecular weight excluding hydrogens is 412 g/mol. The predicted molar refractivity (Wildman–Crippen MR) is 117 cm³/mol. The lowest BCUT2D eigenvalue weighted by Crippen LogP contribution is -2.53. The lowest BCUT2D eigenvalue weighted by atomic mass is 9.93. The molecule has 2 saturated heterocycles. The van der Waals surface area contributed by atoms with Crippen LogP contribution in [-0.4, -0.2) is 64.1 Å². The zero-order valence-electron chi connectivity index (χ0n) is 18.2. The molecule has 8 nitrogen and oxygen atoms in total. The molecule has 2 aliphatic rings. The zero-order chi connectivity index (χ0) is 23.3. The fraction of sp³-hybridized carbons (Fsp3) is 0.375. The van der Waals surface area contributed by atoms with Gasteiger partial charge in [-0.1, -0.05) is 42.5 Å². The highest BCUT2D eigenvalue weighted by atomic mass is 16.5. The number of carbonyl (C=O) groups is 3. The molecule has 170 valence electrons. The third-order valence-corrected chi connectivity index (χ3v) is 5.68. The number of hydrogen-bond acceptors (Lipinski definition) is 6. The minimum atomic E-state index is -0.833.